The van der Waals surface area contributed by atoms with E-state index in [0.717, 1.165) is 0 Å². The van der Waals surface area contributed by atoms with Gasteiger partial charge in [-0.1, -0.05) is 18.2 Å². The quantitative estimate of drug-likeness (QED) is 0.531. The number of benzene rings is 2. The van der Waals surface area contributed by atoms with Crippen LogP contribution < -0.4 is 5.73 Å². The summed E-state index contributed by atoms with van der Waals surface area (Å²) < 4.78 is 24.9. The van der Waals surface area contributed by atoms with Gasteiger partial charge in [-0.25, -0.2) is 8.42 Å². The molecular formula is C14H14N2O4S. The fraction of sp³-hybridized carbons (Fsp3) is 0.143. The third-order valence-corrected chi connectivity index (χ3v) is 4.85. The maximum Gasteiger partial charge on any atom is 0.269 e. The standard InChI is InChI=1S/C14H14N2O4S/c1-10-5-6-12(15)8-14(10)21(19,20)9-11-3-2-4-13(7-11)16(17)18/h2-8H,9,15H2,1H3. The van der Waals surface area contributed by atoms with Crippen molar-refractivity contribution in [1.82, 2.24) is 0 Å². The number of nitrogens with zero attached hydrogens (tertiary/aromatic N) is 1. The van der Waals surface area contributed by atoms with Crippen molar-refractivity contribution in [3.05, 3.63) is 63.7 Å². The number of nitro groups is 1. The number of nitro benzene ring substituents is 1. The van der Waals surface area contributed by atoms with Gasteiger partial charge in [0.2, 0.25) is 0 Å². The average molecular weight is 306 g/mol. The van der Waals surface area contributed by atoms with Crippen molar-refractivity contribution in [2.75, 3.05) is 5.73 Å². The van der Waals surface area contributed by atoms with Crippen LogP contribution in [0.5, 0.6) is 0 Å². The van der Waals surface area contributed by atoms with Crippen LogP contribution in [-0.4, -0.2) is 13.3 Å². The Morgan fingerprint density at radius 2 is 1.90 bits per heavy atom. The molecule has 2 rings (SSSR count). The minimum absolute atomic E-state index is 0.132. The molecule has 0 saturated heterocycles. The van der Waals surface area contributed by atoms with Crippen molar-refractivity contribution >= 4 is 21.2 Å². The van der Waals surface area contributed by atoms with Gasteiger partial charge in [-0.15, -0.1) is 0 Å². The molecule has 6 nitrogen and oxygen atoms in total. The zero-order valence-corrected chi connectivity index (χ0v) is 12.1. The molecule has 0 spiro atoms. The summed E-state index contributed by atoms with van der Waals surface area (Å²) in [6, 6.07) is 10.3. The summed E-state index contributed by atoms with van der Waals surface area (Å²) in [6.45, 7) is 1.68. The molecule has 0 saturated carbocycles. The Labute approximate surface area is 122 Å². The van der Waals surface area contributed by atoms with Crippen LogP contribution in [0.3, 0.4) is 0 Å². The monoisotopic (exact) mass is 306 g/mol. The lowest BCUT2D eigenvalue weighted by Gasteiger charge is -2.08. The van der Waals surface area contributed by atoms with E-state index in [2.05, 4.69) is 0 Å². The van der Waals surface area contributed by atoms with Crippen LogP contribution in [-0.2, 0) is 15.6 Å². The lowest BCUT2D eigenvalue weighted by atomic mass is 10.2. The molecule has 110 valence electrons. The number of hydrogen-bond donors (Lipinski definition) is 1. The first kappa shape index (κ1) is 15.0. The van der Waals surface area contributed by atoms with Gasteiger partial charge in [0, 0.05) is 17.8 Å². The summed E-state index contributed by atoms with van der Waals surface area (Å²) in [7, 11) is -3.61. The Kier molecular flexibility index (Phi) is 3.95. The molecule has 0 amide bonds. The van der Waals surface area contributed by atoms with Crippen LogP contribution in [0.2, 0.25) is 0 Å². The Morgan fingerprint density at radius 1 is 1.19 bits per heavy atom. The summed E-state index contributed by atoms with van der Waals surface area (Å²) in [4.78, 5) is 10.3. The smallest absolute Gasteiger partial charge is 0.269 e. The molecule has 0 aliphatic carbocycles. The third kappa shape index (κ3) is 3.38. The number of non-ortho nitro benzene ring substituents is 1. The average Bonchev–Trinajstić information content (AvgIpc) is 2.41. The highest BCUT2D eigenvalue weighted by Crippen LogP contribution is 2.24. The maximum absolute atomic E-state index is 12.4. The summed E-state index contributed by atoms with van der Waals surface area (Å²) in [6.07, 6.45) is 0. The minimum atomic E-state index is -3.61. The van der Waals surface area contributed by atoms with Gasteiger partial charge in [-0.3, -0.25) is 10.1 Å². The number of sulfone groups is 1. The van der Waals surface area contributed by atoms with E-state index >= 15 is 0 Å². The molecule has 2 N–H and O–H groups in total. The molecule has 0 radical (unpaired) electrons. The lowest BCUT2D eigenvalue weighted by Crippen LogP contribution is -2.07. The number of nitrogens with two attached hydrogens (primary N) is 1. The van der Waals surface area contributed by atoms with Crippen LogP contribution in [0.4, 0.5) is 11.4 Å². The SMILES string of the molecule is Cc1ccc(N)cc1S(=O)(=O)Cc1cccc([N+](=O)[O-])c1. The van der Waals surface area contributed by atoms with Gasteiger partial charge in [-0.05, 0) is 30.2 Å². The predicted octanol–water partition coefficient (Wildman–Crippen LogP) is 2.46. The molecule has 0 unspecified atom stereocenters. The molecular weight excluding hydrogens is 292 g/mol. The Morgan fingerprint density at radius 3 is 2.57 bits per heavy atom. The molecule has 0 aromatic heterocycles. The van der Waals surface area contributed by atoms with Gasteiger partial charge in [0.25, 0.3) is 5.69 Å². The van der Waals surface area contributed by atoms with Crippen LogP contribution in [0.1, 0.15) is 11.1 Å². The summed E-state index contributed by atoms with van der Waals surface area (Å²) in [5.74, 6) is -0.307. The van der Waals surface area contributed by atoms with E-state index in [1.807, 2.05) is 0 Å². The fourth-order valence-electron chi connectivity index (χ4n) is 2.01. The fourth-order valence-corrected chi connectivity index (χ4v) is 3.66. The summed E-state index contributed by atoms with van der Waals surface area (Å²) >= 11 is 0. The second kappa shape index (κ2) is 5.53. The van der Waals surface area contributed by atoms with E-state index in [9.17, 15) is 18.5 Å². The molecule has 21 heavy (non-hydrogen) atoms. The highest BCUT2D eigenvalue weighted by atomic mass is 32.2. The number of anilines is 1. The molecule has 0 atom stereocenters. The second-order valence-corrected chi connectivity index (χ2v) is 6.67. The zero-order chi connectivity index (χ0) is 15.6. The van der Waals surface area contributed by atoms with Crippen molar-refractivity contribution in [2.45, 2.75) is 17.6 Å². The van der Waals surface area contributed by atoms with E-state index in [1.54, 1.807) is 25.1 Å². The summed E-state index contributed by atoms with van der Waals surface area (Å²) in [5.41, 5.74) is 6.81. The van der Waals surface area contributed by atoms with Crippen LogP contribution >= 0.6 is 0 Å². The minimum Gasteiger partial charge on any atom is -0.399 e. The van der Waals surface area contributed by atoms with E-state index in [-0.39, 0.29) is 16.3 Å². The Bertz CT molecular complexity index is 800. The van der Waals surface area contributed by atoms with Crippen LogP contribution in [0, 0.1) is 17.0 Å². The molecule has 7 heteroatoms. The predicted molar refractivity (Wildman–Crippen MR) is 79.6 cm³/mol. The van der Waals surface area contributed by atoms with Gasteiger partial charge in [-0.2, -0.15) is 0 Å². The molecule has 2 aromatic carbocycles. The van der Waals surface area contributed by atoms with Crippen molar-refractivity contribution < 1.29 is 13.3 Å². The van der Waals surface area contributed by atoms with E-state index in [1.165, 1.54) is 24.3 Å². The molecule has 0 fully saturated rings. The summed E-state index contributed by atoms with van der Waals surface area (Å²) in [5, 5.41) is 10.7. The van der Waals surface area contributed by atoms with E-state index in [0.29, 0.717) is 16.8 Å². The van der Waals surface area contributed by atoms with Gasteiger partial charge in [0.05, 0.1) is 15.6 Å². The van der Waals surface area contributed by atoms with Crippen molar-refractivity contribution in [1.29, 1.82) is 0 Å². The normalized spacial score (nSPS) is 11.3. The largest absolute Gasteiger partial charge is 0.399 e. The van der Waals surface area contributed by atoms with Crippen LogP contribution in [0.15, 0.2) is 47.4 Å². The molecule has 0 heterocycles. The van der Waals surface area contributed by atoms with E-state index < -0.39 is 14.8 Å². The maximum atomic E-state index is 12.4. The van der Waals surface area contributed by atoms with Crippen LogP contribution in [0.25, 0.3) is 0 Å². The Balaban J connectivity index is 2.40. The molecule has 0 bridgehead atoms. The van der Waals surface area contributed by atoms with Gasteiger partial charge < -0.3 is 5.73 Å². The third-order valence-electron chi connectivity index (χ3n) is 3.03. The first-order chi connectivity index (χ1) is 9.79. The number of aryl methyl sites for hydroxylation is 1. The van der Waals surface area contributed by atoms with Gasteiger partial charge in [0.1, 0.15) is 0 Å². The number of hydrogen-bond acceptors (Lipinski definition) is 5. The highest BCUT2D eigenvalue weighted by Gasteiger charge is 2.19. The highest BCUT2D eigenvalue weighted by molar-refractivity contribution is 7.90. The zero-order valence-electron chi connectivity index (χ0n) is 11.3. The lowest BCUT2D eigenvalue weighted by molar-refractivity contribution is -0.384. The molecule has 0 aliphatic rings. The first-order valence-electron chi connectivity index (χ1n) is 6.12. The van der Waals surface area contributed by atoms with Crippen molar-refractivity contribution in [3.63, 3.8) is 0 Å². The van der Waals surface area contributed by atoms with Crippen molar-refractivity contribution in [2.24, 2.45) is 0 Å². The first-order valence-corrected chi connectivity index (χ1v) is 7.77. The van der Waals surface area contributed by atoms with Crippen molar-refractivity contribution in [3.8, 4) is 0 Å². The number of rotatable bonds is 4. The molecule has 0 aliphatic heterocycles. The van der Waals surface area contributed by atoms with Gasteiger partial charge >= 0.3 is 0 Å². The second-order valence-electron chi connectivity index (χ2n) is 4.71. The van der Waals surface area contributed by atoms with Gasteiger partial charge in [0.15, 0.2) is 9.84 Å². The molecule has 2 aromatic rings. The Hall–Kier alpha value is -2.41. The number of nitrogen functional groups attached to an aromatic ring is 1. The topological polar surface area (TPSA) is 103 Å². The van der Waals surface area contributed by atoms with E-state index in [4.69, 9.17) is 5.73 Å².